The summed E-state index contributed by atoms with van der Waals surface area (Å²) in [6.07, 6.45) is 4.08. The van der Waals surface area contributed by atoms with Crippen LogP contribution in [-0.4, -0.2) is 16.6 Å². The van der Waals surface area contributed by atoms with Gasteiger partial charge in [0.25, 0.3) is 0 Å². The van der Waals surface area contributed by atoms with Gasteiger partial charge in [0.1, 0.15) is 5.54 Å². The number of hydrogen-bond acceptors (Lipinski definition) is 2. The summed E-state index contributed by atoms with van der Waals surface area (Å²) >= 11 is 0. The first-order valence-electron chi connectivity index (χ1n) is 7.12. The van der Waals surface area contributed by atoms with Crippen molar-refractivity contribution in [2.24, 2.45) is 0 Å². The molecule has 0 radical (unpaired) electrons. The predicted octanol–water partition coefficient (Wildman–Crippen LogP) is 3.30. The molecule has 1 atom stereocenters. The molecule has 0 bridgehead atoms. The average Bonchev–Trinajstić information content (AvgIpc) is 3.21. The summed E-state index contributed by atoms with van der Waals surface area (Å²) in [5.41, 5.74) is 1.74. The van der Waals surface area contributed by atoms with Crippen LogP contribution in [-0.2, 0) is 11.3 Å². The van der Waals surface area contributed by atoms with Crippen LogP contribution < -0.4 is 5.32 Å². The molecule has 1 fully saturated rings. The van der Waals surface area contributed by atoms with E-state index in [2.05, 4.69) is 29.6 Å². The second-order valence-electron chi connectivity index (χ2n) is 5.76. The van der Waals surface area contributed by atoms with Crippen molar-refractivity contribution in [2.45, 2.75) is 57.5 Å². The van der Waals surface area contributed by atoms with Gasteiger partial charge in [0.05, 0.1) is 0 Å². The molecule has 0 aliphatic heterocycles. The third kappa shape index (κ3) is 3.57. The zero-order valence-electron chi connectivity index (χ0n) is 11.8. The van der Waals surface area contributed by atoms with E-state index in [0.29, 0.717) is 13.0 Å². The van der Waals surface area contributed by atoms with Crippen LogP contribution in [0, 0.1) is 0 Å². The largest absolute Gasteiger partial charge is 0.480 e. The minimum atomic E-state index is -0.829. The highest BCUT2D eigenvalue weighted by Crippen LogP contribution is 2.40. The third-order valence-electron chi connectivity index (χ3n) is 3.90. The Hall–Kier alpha value is -1.35. The van der Waals surface area contributed by atoms with Crippen molar-refractivity contribution in [3.63, 3.8) is 0 Å². The maximum Gasteiger partial charge on any atom is 0.323 e. The molecule has 0 spiro atoms. The molecule has 1 saturated carbocycles. The van der Waals surface area contributed by atoms with E-state index in [9.17, 15) is 9.90 Å². The Bertz CT molecular complexity index is 454. The average molecular weight is 261 g/mol. The van der Waals surface area contributed by atoms with Gasteiger partial charge in [-0.3, -0.25) is 10.1 Å². The van der Waals surface area contributed by atoms with E-state index in [1.54, 1.807) is 6.92 Å². The van der Waals surface area contributed by atoms with E-state index < -0.39 is 11.5 Å². The van der Waals surface area contributed by atoms with Crippen molar-refractivity contribution in [1.82, 2.24) is 5.32 Å². The summed E-state index contributed by atoms with van der Waals surface area (Å²) in [6.45, 7) is 4.39. The van der Waals surface area contributed by atoms with Crippen molar-refractivity contribution in [3.05, 3.63) is 35.4 Å². The van der Waals surface area contributed by atoms with Gasteiger partial charge in [0, 0.05) is 6.54 Å². The quantitative estimate of drug-likeness (QED) is 0.791. The Labute approximate surface area is 115 Å². The maximum absolute atomic E-state index is 11.4. The van der Waals surface area contributed by atoms with Gasteiger partial charge in [-0.15, -0.1) is 0 Å². The van der Waals surface area contributed by atoms with Crippen LogP contribution in [0.25, 0.3) is 0 Å². The molecule has 19 heavy (non-hydrogen) atoms. The SMILES string of the molecule is CCCC(C)(NCc1cccc(C2CC2)c1)C(=O)O. The normalized spacial score (nSPS) is 18.0. The van der Waals surface area contributed by atoms with Crippen molar-refractivity contribution in [1.29, 1.82) is 0 Å². The van der Waals surface area contributed by atoms with E-state index in [1.165, 1.54) is 24.0 Å². The maximum atomic E-state index is 11.4. The van der Waals surface area contributed by atoms with Crippen molar-refractivity contribution in [2.75, 3.05) is 0 Å². The van der Waals surface area contributed by atoms with Crippen LogP contribution in [0.2, 0.25) is 0 Å². The second kappa shape index (κ2) is 5.74. The van der Waals surface area contributed by atoms with Crippen LogP contribution in [0.15, 0.2) is 24.3 Å². The molecule has 1 aliphatic carbocycles. The van der Waals surface area contributed by atoms with Gasteiger partial charge in [0.2, 0.25) is 0 Å². The Kier molecular flexibility index (Phi) is 4.25. The lowest BCUT2D eigenvalue weighted by atomic mass is 9.95. The fourth-order valence-electron chi connectivity index (χ4n) is 2.44. The van der Waals surface area contributed by atoms with Crippen molar-refractivity contribution >= 4 is 5.97 Å². The lowest BCUT2D eigenvalue weighted by molar-refractivity contribution is -0.144. The summed E-state index contributed by atoms with van der Waals surface area (Å²) in [6, 6.07) is 8.51. The van der Waals surface area contributed by atoms with Crippen molar-refractivity contribution < 1.29 is 9.90 Å². The Morgan fingerprint density at radius 2 is 2.21 bits per heavy atom. The number of carboxylic acids is 1. The number of rotatable bonds is 7. The first-order chi connectivity index (χ1) is 9.05. The number of nitrogens with one attached hydrogen (secondary N) is 1. The molecule has 1 aromatic carbocycles. The fourth-order valence-corrected chi connectivity index (χ4v) is 2.44. The number of benzene rings is 1. The van der Waals surface area contributed by atoms with Gasteiger partial charge in [-0.05, 0) is 43.2 Å². The van der Waals surface area contributed by atoms with Gasteiger partial charge in [-0.25, -0.2) is 0 Å². The molecule has 2 N–H and O–H groups in total. The van der Waals surface area contributed by atoms with Crippen LogP contribution in [0.3, 0.4) is 0 Å². The van der Waals surface area contributed by atoms with Crippen molar-refractivity contribution in [3.8, 4) is 0 Å². The van der Waals surface area contributed by atoms with E-state index in [4.69, 9.17) is 0 Å². The van der Waals surface area contributed by atoms with Gasteiger partial charge in [-0.2, -0.15) is 0 Å². The molecule has 104 valence electrons. The third-order valence-corrected chi connectivity index (χ3v) is 3.90. The molecule has 1 unspecified atom stereocenters. The van der Waals surface area contributed by atoms with Gasteiger partial charge < -0.3 is 5.11 Å². The summed E-state index contributed by atoms with van der Waals surface area (Å²) in [5, 5.41) is 12.5. The summed E-state index contributed by atoms with van der Waals surface area (Å²) in [5.74, 6) is -0.0332. The van der Waals surface area contributed by atoms with Crippen LogP contribution >= 0.6 is 0 Å². The Morgan fingerprint density at radius 1 is 1.47 bits per heavy atom. The zero-order valence-corrected chi connectivity index (χ0v) is 11.8. The summed E-state index contributed by atoms with van der Waals surface area (Å²) in [4.78, 5) is 11.4. The highest BCUT2D eigenvalue weighted by Gasteiger charge is 2.31. The minimum Gasteiger partial charge on any atom is -0.480 e. The molecule has 0 heterocycles. The predicted molar refractivity (Wildman–Crippen MR) is 76.2 cm³/mol. The standard InChI is InChI=1S/C16H23NO2/c1-3-9-16(2,15(18)19)17-11-12-5-4-6-14(10-12)13-7-8-13/h4-6,10,13,17H,3,7-9,11H2,1-2H3,(H,18,19). The van der Waals surface area contributed by atoms with Gasteiger partial charge in [0.15, 0.2) is 0 Å². The summed E-state index contributed by atoms with van der Waals surface area (Å²) in [7, 11) is 0. The Balaban J connectivity index is 2.00. The van der Waals surface area contributed by atoms with E-state index >= 15 is 0 Å². The van der Waals surface area contributed by atoms with Gasteiger partial charge >= 0.3 is 5.97 Å². The smallest absolute Gasteiger partial charge is 0.323 e. The number of carbonyl (C=O) groups is 1. The highest BCUT2D eigenvalue weighted by atomic mass is 16.4. The molecule has 2 rings (SSSR count). The molecule has 3 heteroatoms. The first-order valence-corrected chi connectivity index (χ1v) is 7.12. The molecule has 0 saturated heterocycles. The topological polar surface area (TPSA) is 49.3 Å². The summed E-state index contributed by atoms with van der Waals surface area (Å²) < 4.78 is 0. The van der Waals surface area contributed by atoms with E-state index in [1.807, 2.05) is 6.92 Å². The molecule has 0 amide bonds. The molecule has 3 nitrogen and oxygen atoms in total. The molecular formula is C16H23NO2. The molecule has 0 aromatic heterocycles. The first kappa shape index (κ1) is 14.1. The number of hydrogen-bond donors (Lipinski definition) is 2. The fraction of sp³-hybridized carbons (Fsp3) is 0.562. The minimum absolute atomic E-state index is 0.614. The number of aliphatic carboxylic acids is 1. The lowest BCUT2D eigenvalue weighted by Crippen LogP contribution is -2.48. The van der Waals surface area contributed by atoms with Gasteiger partial charge in [-0.1, -0.05) is 37.6 Å². The van der Waals surface area contributed by atoms with Crippen LogP contribution in [0.1, 0.15) is 56.6 Å². The Morgan fingerprint density at radius 3 is 2.79 bits per heavy atom. The molecule has 1 aromatic rings. The molecular weight excluding hydrogens is 238 g/mol. The highest BCUT2D eigenvalue weighted by molar-refractivity contribution is 5.78. The van der Waals surface area contributed by atoms with E-state index in [-0.39, 0.29) is 0 Å². The number of carboxylic acid groups (broad SMARTS) is 1. The van der Waals surface area contributed by atoms with Crippen LogP contribution in [0.5, 0.6) is 0 Å². The van der Waals surface area contributed by atoms with Crippen LogP contribution in [0.4, 0.5) is 0 Å². The second-order valence-corrected chi connectivity index (χ2v) is 5.76. The lowest BCUT2D eigenvalue weighted by Gasteiger charge is -2.26. The zero-order chi connectivity index (χ0) is 13.9. The molecule has 1 aliphatic rings. The van der Waals surface area contributed by atoms with E-state index in [0.717, 1.165) is 12.3 Å². The monoisotopic (exact) mass is 261 g/mol.